The van der Waals surface area contributed by atoms with Crippen LogP contribution >= 0.6 is 0 Å². The second kappa shape index (κ2) is 4.05. The van der Waals surface area contributed by atoms with Gasteiger partial charge in [-0.1, -0.05) is 0 Å². The highest BCUT2D eigenvalue weighted by Gasteiger charge is 2.35. The van der Waals surface area contributed by atoms with Crippen molar-refractivity contribution in [2.24, 2.45) is 7.05 Å². The number of rotatable bonds is 3. The maximum Gasteiger partial charge on any atom is 0.220 e. The number of aromatic nitrogens is 2. The molecule has 1 unspecified atom stereocenters. The van der Waals surface area contributed by atoms with Gasteiger partial charge in [0.25, 0.3) is 0 Å². The average molecular weight is 237 g/mol. The first kappa shape index (κ1) is 12.0. The van der Waals surface area contributed by atoms with Crippen LogP contribution in [0.3, 0.4) is 0 Å². The Morgan fingerprint density at radius 1 is 1.59 bits per heavy atom. The Bertz CT molecular complexity index is 453. The molecule has 2 rings (SSSR count). The Kier molecular flexibility index (Phi) is 2.85. The summed E-state index contributed by atoms with van der Waals surface area (Å²) in [6.45, 7) is 4.04. The first-order valence-corrected chi connectivity index (χ1v) is 5.83. The Morgan fingerprint density at radius 2 is 2.29 bits per heavy atom. The molecule has 2 heterocycles. The van der Waals surface area contributed by atoms with E-state index in [1.54, 1.807) is 11.8 Å². The van der Waals surface area contributed by atoms with Gasteiger partial charge in [-0.3, -0.25) is 4.79 Å². The molecule has 1 N–H and O–H groups in total. The monoisotopic (exact) mass is 237 g/mol. The summed E-state index contributed by atoms with van der Waals surface area (Å²) in [5.74, 6) is 0.915. The number of amides is 1. The zero-order valence-electron chi connectivity index (χ0n) is 10.8. The van der Waals surface area contributed by atoms with Gasteiger partial charge in [0, 0.05) is 31.0 Å². The molecule has 0 bridgehead atoms. The van der Waals surface area contributed by atoms with Crippen molar-refractivity contribution >= 4 is 5.91 Å². The first-order valence-electron chi connectivity index (χ1n) is 5.83. The zero-order chi connectivity index (χ0) is 12.6. The van der Waals surface area contributed by atoms with Crippen molar-refractivity contribution in [3.05, 3.63) is 11.3 Å². The van der Waals surface area contributed by atoms with Crippen LogP contribution in [-0.2, 0) is 18.3 Å². The van der Waals surface area contributed by atoms with Crippen LogP contribution < -0.4 is 10.1 Å². The third-order valence-electron chi connectivity index (χ3n) is 3.39. The van der Waals surface area contributed by atoms with E-state index in [9.17, 15) is 4.79 Å². The van der Waals surface area contributed by atoms with Crippen molar-refractivity contribution < 1.29 is 9.53 Å². The minimum Gasteiger partial charge on any atom is -0.481 e. The van der Waals surface area contributed by atoms with Crippen molar-refractivity contribution in [1.82, 2.24) is 15.1 Å². The molecule has 0 aliphatic carbocycles. The Balaban J connectivity index is 2.27. The lowest BCUT2D eigenvalue weighted by Crippen LogP contribution is -2.40. The van der Waals surface area contributed by atoms with Crippen LogP contribution in [0.2, 0.25) is 0 Å². The molecule has 1 aromatic heterocycles. The summed E-state index contributed by atoms with van der Waals surface area (Å²) in [5, 5.41) is 7.39. The van der Waals surface area contributed by atoms with Gasteiger partial charge in [-0.05, 0) is 20.3 Å². The lowest BCUT2D eigenvalue weighted by atomic mass is 9.91. The molecule has 0 saturated carbocycles. The second-order valence-electron chi connectivity index (χ2n) is 4.98. The van der Waals surface area contributed by atoms with Crippen molar-refractivity contribution in [1.29, 1.82) is 0 Å². The van der Waals surface area contributed by atoms with E-state index in [0.717, 1.165) is 30.0 Å². The summed E-state index contributed by atoms with van der Waals surface area (Å²) >= 11 is 0. The highest BCUT2D eigenvalue weighted by molar-refractivity contribution is 5.79. The number of hydrogen-bond donors (Lipinski definition) is 1. The molecule has 5 nitrogen and oxygen atoms in total. The van der Waals surface area contributed by atoms with Crippen LogP contribution in [0.5, 0.6) is 5.88 Å². The summed E-state index contributed by atoms with van der Waals surface area (Å²) in [7, 11) is 3.51. The molecule has 0 radical (unpaired) electrons. The van der Waals surface area contributed by atoms with Crippen LogP contribution in [0, 0.1) is 6.92 Å². The Labute approximate surface area is 101 Å². The minimum absolute atomic E-state index is 0.132. The highest BCUT2D eigenvalue weighted by atomic mass is 16.5. The van der Waals surface area contributed by atoms with Gasteiger partial charge >= 0.3 is 0 Å². The smallest absolute Gasteiger partial charge is 0.220 e. The van der Waals surface area contributed by atoms with Gasteiger partial charge in [0.1, 0.15) is 0 Å². The predicted molar refractivity (Wildman–Crippen MR) is 64.0 cm³/mol. The third kappa shape index (κ3) is 2.14. The van der Waals surface area contributed by atoms with Crippen LogP contribution in [0.15, 0.2) is 0 Å². The van der Waals surface area contributed by atoms with Gasteiger partial charge < -0.3 is 10.1 Å². The fourth-order valence-corrected chi connectivity index (χ4v) is 2.51. The van der Waals surface area contributed by atoms with Crippen molar-refractivity contribution in [2.45, 2.75) is 38.6 Å². The van der Waals surface area contributed by atoms with Crippen LogP contribution in [0.1, 0.15) is 31.0 Å². The quantitative estimate of drug-likeness (QED) is 0.851. The number of aryl methyl sites for hydroxylation is 2. The molecule has 0 aromatic carbocycles. The standard InChI is InChI=1S/C12H19N3O2/c1-8-9(11(17-4)15(3)14-8)7-12(2)6-5-10(16)13-12/h5-7H2,1-4H3,(H,13,16). The van der Waals surface area contributed by atoms with E-state index in [0.29, 0.717) is 6.42 Å². The largest absolute Gasteiger partial charge is 0.481 e. The molecule has 1 amide bonds. The summed E-state index contributed by atoms with van der Waals surface area (Å²) in [6, 6.07) is 0. The fraction of sp³-hybridized carbons (Fsp3) is 0.667. The normalized spacial score (nSPS) is 23.9. The molecular formula is C12H19N3O2. The maximum absolute atomic E-state index is 11.3. The van der Waals surface area contributed by atoms with Crippen molar-refractivity contribution in [3.8, 4) is 5.88 Å². The molecule has 1 aromatic rings. The van der Waals surface area contributed by atoms with Crippen molar-refractivity contribution in [3.63, 3.8) is 0 Å². The number of nitrogens with one attached hydrogen (secondary N) is 1. The van der Waals surface area contributed by atoms with Gasteiger partial charge in [0.05, 0.1) is 12.8 Å². The third-order valence-corrected chi connectivity index (χ3v) is 3.39. The van der Waals surface area contributed by atoms with E-state index in [-0.39, 0.29) is 11.4 Å². The molecule has 1 aliphatic rings. The van der Waals surface area contributed by atoms with Gasteiger partial charge in [-0.25, -0.2) is 4.68 Å². The molecule has 94 valence electrons. The van der Waals surface area contributed by atoms with E-state index in [4.69, 9.17) is 4.74 Å². The SMILES string of the molecule is COc1c(CC2(C)CCC(=O)N2)c(C)nn1C. The molecule has 1 fully saturated rings. The van der Waals surface area contributed by atoms with Gasteiger partial charge in [-0.15, -0.1) is 0 Å². The Morgan fingerprint density at radius 3 is 2.82 bits per heavy atom. The van der Waals surface area contributed by atoms with Crippen LogP contribution in [0.25, 0.3) is 0 Å². The molecular weight excluding hydrogens is 218 g/mol. The lowest BCUT2D eigenvalue weighted by molar-refractivity contribution is -0.119. The molecule has 0 spiro atoms. The van der Waals surface area contributed by atoms with Gasteiger partial charge in [0.15, 0.2) is 0 Å². The number of ether oxygens (including phenoxy) is 1. The van der Waals surface area contributed by atoms with Gasteiger partial charge in [-0.2, -0.15) is 5.10 Å². The number of hydrogen-bond acceptors (Lipinski definition) is 3. The number of nitrogens with zero attached hydrogens (tertiary/aromatic N) is 2. The molecule has 17 heavy (non-hydrogen) atoms. The molecule has 1 atom stereocenters. The lowest BCUT2D eigenvalue weighted by Gasteiger charge is -2.24. The molecule has 1 aliphatic heterocycles. The second-order valence-corrected chi connectivity index (χ2v) is 4.98. The Hall–Kier alpha value is -1.52. The number of carbonyl (C=O) groups is 1. The van der Waals surface area contributed by atoms with Gasteiger partial charge in [0.2, 0.25) is 11.8 Å². The summed E-state index contributed by atoms with van der Waals surface area (Å²) < 4.78 is 7.11. The summed E-state index contributed by atoms with van der Waals surface area (Å²) in [4.78, 5) is 11.3. The molecule has 5 heteroatoms. The topological polar surface area (TPSA) is 56.1 Å². The number of methoxy groups -OCH3 is 1. The van der Waals surface area contributed by atoms with E-state index in [1.165, 1.54) is 0 Å². The first-order chi connectivity index (χ1) is 7.95. The highest BCUT2D eigenvalue weighted by Crippen LogP contribution is 2.30. The van der Waals surface area contributed by atoms with E-state index >= 15 is 0 Å². The van der Waals surface area contributed by atoms with E-state index < -0.39 is 0 Å². The number of carbonyl (C=O) groups excluding carboxylic acids is 1. The molecule has 1 saturated heterocycles. The summed E-state index contributed by atoms with van der Waals surface area (Å²) in [5.41, 5.74) is 1.88. The van der Waals surface area contributed by atoms with E-state index in [1.807, 2.05) is 14.0 Å². The van der Waals surface area contributed by atoms with Crippen molar-refractivity contribution in [2.75, 3.05) is 7.11 Å². The fourth-order valence-electron chi connectivity index (χ4n) is 2.51. The average Bonchev–Trinajstić information content (AvgIpc) is 2.70. The van der Waals surface area contributed by atoms with Crippen LogP contribution in [-0.4, -0.2) is 28.3 Å². The minimum atomic E-state index is -0.168. The summed E-state index contributed by atoms with van der Waals surface area (Å²) in [6.07, 6.45) is 2.24. The van der Waals surface area contributed by atoms with Crippen LogP contribution in [0.4, 0.5) is 0 Å². The van der Waals surface area contributed by atoms with E-state index in [2.05, 4.69) is 17.3 Å². The predicted octanol–water partition coefficient (Wildman–Crippen LogP) is 0.948. The zero-order valence-corrected chi connectivity index (χ0v) is 10.8. The maximum atomic E-state index is 11.3.